The first-order valence-electron chi connectivity index (χ1n) is 5.95. The molecule has 0 aliphatic heterocycles. The minimum atomic E-state index is -4.56. The van der Waals surface area contributed by atoms with Gasteiger partial charge >= 0.3 is 11.9 Å². The van der Waals surface area contributed by atoms with Crippen LogP contribution in [0.1, 0.15) is 5.56 Å². The molecule has 0 saturated heterocycles. The van der Waals surface area contributed by atoms with Gasteiger partial charge in [-0.05, 0) is 30.3 Å². The van der Waals surface area contributed by atoms with Crippen LogP contribution in [0, 0.1) is 0 Å². The number of hydrogen-bond donors (Lipinski definition) is 1. The lowest BCUT2D eigenvalue weighted by Gasteiger charge is -2.13. The normalized spacial score (nSPS) is 12.0. The number of aromatic amines is 1. The van der Waals surface area contributed by atoms with Crippen LogP contribution in [0.2, 0.25) is 5.02 Å². The van der Waals surface area contributed by atoms with E-state index >= 15 is 0 Å². The van der Waals surface area contributed by atoms with Crippen LogP contribution >= 0.6 is 11.6 Å². The van der Waals surface area contributed by atoms with Crippen LogP contribution < -0.4 is 5.69 Å². The van der Waals surface area contributed by atoms with Gasteiger partial charge in [-0.3, -0.25) is 4.57 Å². The smallest absolute Gasteiger partial charge is 0.305 e. The average Bonchev–Trinajstić information content (AvgIpc) is 2.73. The Balaban J connectivity index is 2.39. The number of halogens is 4. The fourth-order valence-corrected chi connectivity index (χ4v) is 2.39. The van der Waals surface area contributed by atoms with Crippen molar-refractivity contribution in [2.24, 2.45) is 0 Å². The zero-order chi connectivity index (χ0) is 15.2. The summed E-state index contributed by atoms with van der Waals surface area (Å²) in [4.78, 5) is 14.5. The molecule has 0 spiro atoms. The number of para-hydroxylation sites is 1. The molecule has 0 aliphatic rings. The van der Waals surface area contributed by atoms with E-state index in [2.05, 4.69) is 4.98 Å². The van der Waals surface area contributed by atoms with E-state index in [0.717, 1.165) is 10.6 Å². The van der Waals surface area contributed by atoms with Crippen molar-refractivity contribution in [1.82, 2.24) is 9.55 Å². The highest BCUT2D eigenvalue weighted by atomic mass is 35.5. The molecule has 1 N–H and O–H groups in total. The molecular formula is C14H8ClF3N2O. The summed E-state index contributed by atoms with van der Waals surface area (Å²) in [7, 11) is 0. The van der Waals surface area contributed by atoms with E-state index in [0.29, 0.717) is 16.1 Å². The molecule has 21 heavy (non-hydrogen) atoms. The maximum atomic E-state index is 13.1. The van der Waals surface area contributed by atoms with Crippen molar-refractivity contribution in [3.8, 4) is 5.69 Å². The number of nitrogens with one attached hydrogen (secondary N) is 1. The zero-order valence-electron chi connectivity index (χ0n) is 10.4. The Labute approximate surface area is 121 Å². The number of hydrogen-bond acceptors (Lipinski definition) is 1. The van der Waals surface area contributed by atoms with Gasteiger partial charge in [-0.15, -0.1) is 0 Å². The van der Waals surface area contributed by atoms with E-state index in [4.69, 9.17) is 11.6 Å². The molecule has 0 aliphatic carbocycles. The van der Waals surface area contributed by atoms with Crippen LogP contribution in [0.15, 0.2) is 47.3 Å². The predicted molar refractivity (Wildman–Crippen MR) is 73.9 cm³/mol. The molecule has 1 aromatic heterocycles. The van der Waals surface area contributed by atoms with E-state index in [1.165, 1.54) is 24.3 Å². The summed E-state index contributed by atoms with van der Waals surface area (Å²) in [5.41, 5.74) is -1.05. The Hall–Kier alpha value is -2.21. The fourth-order valence-electron chi connectivity index (χ4n) is 2.22. The fraction of sp³-hybridized carbons (Fsp3) is 0.0714. The largest absolute Gasteiger partial charge is 0.418 e. The van der Waals surface area contributed by atoms with Gasteiger partial charge in [-0.1, -0.05) is 23.7 Å². The van der Waals surface area contributed by atoms with Crippen molar-refractivity contribution >= 4 is 22.6 Å². The lowest BCUT2D eigenvalue weighted by Crippen LogP contribution is -2.19. The second-order valence-corrected chi connectivity index (χ2v) is 4.88. The first kappa shape index (κ1) is 13.8. The molecule has 0 saturated carbocycles. The zero-order valence-corrected chi connectivity index (χ0v) is 11.2. The van der Waals surface area contributed by atoms with E-state index < -0.39 is 17.4 Å². The first-order valence-corrected chi connectivity index (χ1v) is 6.32. The molecule has 0 fully saturated rings. The molecule has 0 bridgehead atoms. The van der Waals surface area contributed by atoms with Gasteiger partial charge in [0.1, 0.15) is 0 Å². The molecule has 1 heterocycles. The number of fused-ring (bicyclic) bond motifs is 1. The molecule has 108 valence electrons. The average molecular weight is 313 g/mol. The highest BCUT2D eigenvalue weighted by Crippen LogP contribution is 2.34. The summed E-state index contributed by atoms with van der Waals surface area (Å²) in [5, 5.41) is 0.333. The van der Waals surface area contributed by atoms with Crippen molar-refractivity contribution in [3.63, 3.8) is 0 Å². The molecule has 3 rings (SSSR count). The van der Waals surface area contributed by atoms with E-state index in [1.807, 2.05) is 0 Å². The van der Waals surface area contributed by atoms with Gasteiger partial charge < -0.3 is 4.98 Å². The Morgan fingerprint density at radius 2 is 1.81 bits per heavy atom. The van der Waals surface area contributed by atoms with Crippen molar-refractivity contribution < 1.29 is 13.2 Å². The summed E-state index contributed by atoms with van der Waals surface area (Å²) < 4.78 is 40.3. The SMILES string of the molecule is O=c1[nH]c2ccc(Cl)cc2n1-c1ccccc1C(F)(F)F. The van der Waals surface area contributed by atoms with Gasteiger partial charge in [-0.2, -0.15) is 13.2 Å². The van der Waals surface area contributed by atoms with Crippen LogP contribution in [0.4, 0.5) is 13.2 Å². The van der Waals surface area contributed by atoms with Gasteiger partial charge in [0.05, 0.1) is 22.3 Å². The van der Waals surface area contributed by atoms with Crippen molar-refractivity contribution in [2.75, 3.05) is 0 Å². The van der Waals surface area contributed by atoms with Crippen molar-refractivity contribution in [1.29, 1.82) is 0 Å². The Morgan fingerprint density at radius 1 is 1.10 bits per heavy atom. The third kappa shape index (κ3) is 2.31. The van der Waals surface area contributed by atoms with E-state index in [9.17, 15) is 18.0 Å². The summed E-state index contributed by atoms with van der Waals surface area (Å²) in [5.74, 6) is 0. The standard InChI is InChI=1S/C14H8ClF3N2O/c15-8-5-6-10-12(7-8)20(13(21)19-10)11-4-2-1-3-9(11)14(16,17)18/h1-7H,(H,19,21). The molecule has 0 amide bonds. The molecule has 3 nitrogen and oxygen atoms in total. The van der Waals surface area contributed by atoms with Gasteiger partial charge in [-0.25, -0.2) is 4.79 Å². The van der Waals surface area contributed by atoms with Crippen LogP contribution in [0.5, 0.6) is 0 Å². The maximum Gasteiger partial charge on any atom is 0.418 e. The van der Waals surface area contributed by atoms with Crippen LogP contribution in [-0.2, 0) is 6.18 Å². The number of aromatic nitrogens is 2. The summed E-state index contributed by atoms with van der Waals surface area (Å²) in [6.07, 6.45) is -4.56. The molecule has 2 aromatic carbocycles. The minimum absolute atomic E-state index is 0.233. The number of benzene rings is 2. The number of imidazole rings is 1. The lowest BCUT2D eigenvalue weighted by atomic mass is 10.1. The van der Waals surface area contributed by atoms with Crippen molar-refractivity contribution in [3.05, 3.63) is 63.5 Å². The minimum Gasteiger partial charge on any atom is -0.305 e. The van der Waals surface area contributed by atoms with Gasteiger partial charge in [0, 0.05) is 5.02 Å². The Bertz CT molecular complexity index is 880. The number of rotatable bonds is 1. The summed E-state index contributed by atoms with van der Waals surface area (Å²) in [6.45, 7) is 0. The monoisotopic (exact) mass is 312 g/mol. The second-order valence-electron chi connectivity index (χ2n) is 4.44. The third-order valence-corrected chi connectivity index (χ3v) is 3.33. The second kappa shape index (κ2) is 4.66. The highest BCUT2D eigenvalue weighted by molar-refractivity contribution is 6.31. The summed E-state index contributed by atoms with van der Waals surface area (Å²) >= 11 is 5.87. The molecule has 7 heteroatoms. The molecular weight excluding hydrogens is 305 g/mol. The molecule has 3 aromatic rings. The molecule has 0 unspecified atom stereocenters. The van der Waals surface area contributed by atoms with Crippen LogP contribution in [0.25, 0.3) is 16.7 Å². The Kier molecular flexibility index (Phi) is 3.06. The van der Waals surface area contributed by atoms with Gasteiger partial charge in [0.15, 0.2) is 0 Å². The van der Waals surface area contributed by atoms with Crippen molar-refractivity contribution in [2.45, 2.75) is 6.18 Å². The maximum absolute atomic E-state index is 13.1. The number of alkyl halides is 3. The number of nitrogens with zero attached hydrogens (tertiary/aromatic N) is 1. The summed E-state index contributed by atoms with van der Waals surface area (Å²) in [6, 6.07) is 9.46. The first-order chi connectivity index (χ1) is 9.88. The Morgan fingerprint density at radius 3 is 2.52 bits per heavy atom. The van der Waals surface area contributed by atoms with Gasteiger partial charge in [0.25, 0.3) is 0 Å². The molecule has 0 radical (unpaired) electrons. The predicted octanol–water partition coefficient (Wildman–Crippen LogP) is 3.99. The third-order valence-electron chi connectivity index (χ3n) is 3.10. The number of H-pyrrole nitrogens is 1. The van der Waals surface area contributed by atoms with E-state index in [-0.39, 0.29) is 5.69 Å². The van der Waals surface area contributed by atoms with Crippen LogP contribution in [-0.4, -0.2) is 9.55 Å². The topological polar surface area (TPSA) is 37.8 Å². The lowest BCUT2D eigenvalue weighted by molar-refractivity contribution is -0.137. The van der Waals surface area contributed by atoms with Crippen LogP contribution in [0.3, 0.4) is 0 Å². The molecule has 0 atom stereocenters. The highest BCUT2D eigenvalue weighted by Gasteiger charge is 2.34. The quantitative estimate of drug-likeness (QED) is 0.725. The van der Waals surface area contributed by atoms with E-state index in [1.54, 1.807) is 12.1 Å². The van der Waals surface area contributed by atoms with Gasteiger partial charge in [0.2, 0.25) is 0 Å².